The first-order chi connectivity index (χ1) is 20.2. The van der Waals surface area contributed by atoms with Crippen LogP contribution in [0.25, 0.3) is 0 Å². The van der Waals surface area contributed by atoms with Crippen molar-refractivity contribution in [2.24, 2.45) is 31.8 Å². The van der Waals surface area contributed by atoms with E-state index in [-0.39, 0.29) is 40.5 Å². The van der Waals surface area contributed by atoms with Crippen LogP contribution in [0.5, 0.6) is 0 Å². The van der Waals surface area contributed by atoms with Crippen molar-refractivity contribution in [1.82, 2.24) is 25.0 Å². The van der Waals surface area contributed by atoms with Crippen LogP contribution in [-0.2, 0) is 29.5 Å². The number of anilines is 1. The molecular formula is C21H32N12O8S2. The van der Waals surface area contributed by atoms with Crippen LogP contribution < -0.4 is 27.8 Å². The number of aromatic nitrogens is 1. The molecule has 0 radical (unpaired) electrons. The van der Waals surface area contributed by atoms with Crippen LogP contribution in [0.2, 0.25) is 0 Å². The highest BCUT2D eigenvalue weighted by Gasteiger charge is 2.56. The minimum absolute atomic E-state index is 0.0215. The number of hydrazone groups is 2. The maximum atomic E-state index is 13.2. The number of carbonyl (C=O) groups is 3. The number of thiazole rings is 1. The van der Waals surface area contributed by atoms with Crippen LogP contribution in [0.1, 0.15) is 31.9 Å². The molecule has 43 heavy (non-hydrogen) atoms. The van der Waals surface area contributed by atoms with Crippen molar-refractivity contribution in [2.75, 3.05) is 31.9 Å². The highest BCUT2D eigenvalue weighted by molar-refractivity contribution is 7.84. The molecule has 2 atom stereocenters. The SMILES string of the molecule is C=NN(C[C@@H]1[C@H](NC(=O)/C(=N\OC2(C(=O)O)CC2)c2csc(N)n2)C(=O)N1S(=O)(=O)O)/N=C(\C)CN=C(N)NCCCN. The first-order valence-corrected chi connectivity index (χ1v) is 14.8. The number of oxime groups is 1. The number of carboxylic acids is 1. The highest BCUT2D eigenvalue weighted by Crippen LogP contribution is 2.40. The van der Waals surface area contributed by atoms with Gasteiger partial charge in [-0.05, 0) is 19.9 Å². The number of carbonyl (C=O) groups excluding carboxylic acids is 2. The summed E-state index contributed by atoms with van der Waals surface area (Å²) in [5.74, 6) is -3.37. The number of amides is 2. The van der Waals surface area contributed by atoms with Crippen molar-refractivity contribution < 1.29 is 37.3 Å². The summed E-state index contributed by atoms with van der Waals surface area (Å²) in [5.41, 5.74) is 15.0. The van der Waals surface area contributed by atoms with Crippen molar-refractivity contribution in [2.45, 2.75) is 43.9 Å². The maximum Gasteiger partial charge on any atom is 0.362 e. The minimum atomic E-state index is -5.06. The Morgan fingerprint density at radius 2 is 2.09 bits per heavy atom. The fourth-order valence-corrected chi connectivity index (χ4v) is 5.06. The van der Waals surface area contributed by atoms with Crippen molar-refractivity contribution in [3.63, 3.8) is 0 Å². The number of hydrogen-bond donors (Lipinski definition) is 7. The van der Waals surface area contributed by atoms with Crippen molar-refractivity contribution in [3.8, 4) is 0 Å². The molecule has 1 aromatic rings. The van der Waals surface area contributed by atoms with E-state index in [0.29, 0.717) is 25.2 Å². The van der Waals surface area contributed by atoms with Crippen LogP contribution in [0.4, 0.5) is 5.13 Å². The van der Waals surface area contributed by atoms with E-state index in [1.165, 1.54) is 5.38 Å². The summed E-state index contributed by atoms with van der Waals surface area (Å²) in [5, 5.41) is 28.5. The topological polar surface area (TPSA) is 306 Å². The Morgan fingerprint density at radius 3 is 2.63 bits per heavy atom. The van der Waals surface area contributed by atoms with Gasteiger partial charge in [0.05, 0.1) is 18.8 Å². The van der Waals surface area contributed by atoms with Gasteiger partial charge >= 0.3 is 16.3 Å². The maximum absolute atomic E-state index is 13.2. The second-order valence-corrected chi connectivity index (χ2v) is 11.5. The van der Waals surface area contributed by atoms with Crippen LogP contribution in [0.15, 0.2) is 25.7 Å². The Hall–Kier alpha value is -4.41. The van der Waals surface area contributed by atoms with Crippen molar-refractivity contribution in [3.05, 3.63) is 11.1 Å². The second-order valence-electron chi connectivity index (χ2n) is 9.33. The van der Waals surface area contributed by atoms with Crippen LogP contribution in [-0.4, -0.2) is 118 Å². The summed E-state index contributed by atoms with van der Waals surface area (Å²) < 4.78 is 33.7. The van der Waals surface area contributed by atoms with Gasteiger partial charge in [0.25, 0.3) is 11.8 Å². The third kappa shape index (κ3) is 8.33. The molecule has 2 fully saturated rings. The molecule has 1 aromatic heterocycles. The predicted octanol–water partition coefficient (Wildman–Crippen LogP) is -2.89. The van der Waals surface area contributed by atoms with E-state index in [1.54, 1.807) is 6.92 Å². The lowest BCUT2D eigenvalue weighted by molar-refractivity contribution is -0.153. The molecule has 20 nitrogen and oxygen atoms in total. The number of carboxylic acid groups (broad SMARTS) is 1. The molecule has 0 unspecified atom stereocenters. The van der Waals surface area contributed by atoms with Crippen molar-refractivity contribution >= 4 is 68.7 Å². The molecule has 0 spiro atoms. The summed E-state index contributed by atoms with van der Waals surface area (Å²) >= 11 is 0.956. The molecule has 2 heterocycles. The standard InChI is InChI=1S/C21H32N12O8S2/c1-11(8-27-19(23)26-7-3-6-22)30-32(25-2)9-13-15(17(35)33(13)43(38,39)40)29-16(34)14(12-10-42-20(24)28-12)31-41-21(4-5-21)18(36)37/h10,13,15H,2-9,22H2,1H3,(H2,24,28)(H,29,34)(H,36,37)(H3,23,26,27)(H,38,39,40)/b30-11+,31-14-/t13-,15+/m1/s1. The molecule has 1 saturated carbocycles. The Kier molecular flexibility index (Phi) is 10.6. The summed E-state index contributed by atoms with van der Waals surface area (Å²) in [6.45, 7) is 5.52. The lowest BCUT2D eigenvalue weighted by atomic mass is 9.98. The van der Waals surface area contributed by atoms with Crippen LogP contribution >= 0.6 is 11.3 Å². The van der Waals surface area contributed by atoms with E-state index in [1.807, 2.05) is 0 Å². The molecule has 1 aliphatic heterocycles. The fourth-order valence-electron chi connectivity index (χ4n) is 3.64. The zero-order chi connectivity index (χ0) is 31.9. The lowest BCUT2D eigenvalue weighted by Gasteiger charge is -2.44. The van der Waals surface area contributed by atoms with E-state index in [9.17, 15) is 32.5 Å². The van der Waals surface area contributed by atoms with Crippen LogP contribution in [0, 0.1) is 0 Å². The van der Waals surface area contributed by atoms with Gasteiger partial charge in [-0.15, -0.1) is 11.3 Å². The summed E-state index contributed by atoms with van der Waals surface area (Å²) in [6, 6.07) is -2.93. The molecule has 0 bridgehead atoms. The summed E-state index contributed by atoms with van der Waals surface area (Å²) in [7, 11) is -5.06. The van der Waals surface area contributed by atoms with Gasteiger partial charge in [0.15, 0.2) is 16.8 Å². The van der Waals surface area contributed by atoms with Crippen LogP contribution in [0.3, 0.4) is 0 Å². The molecule has 1 aliphatic carbocycles. The zero-order valence-corrected chi connectivity index (χ0v) is 24.5. The van der Waals surface area contributed by atoms with Gasteiger partial charge in [-0.3, -0.25) is 14.1 Å². The molecule has 236 valence electrons. The smallest absolute Gasteiger partial charge is 0.362 e. The number of β-lactam (4-membered cyclic amide) rings is 1. The van der Waals surface area contributed by atoms with Gasteiger partial charge in [-0.1, -0.05) is 5.16 Å². The molecule has 10 N–H and O–H groups in total. The number of aliphatic carboxylic acids is 1. The van der Waals surface area contributed by atoms with Gasteiger partial charge in [0.1, 0.15) is 17.8 Å². The third-order valence-corrected chi connectivity index (χ3v) is 7.68. The average Bonchev–Trinajstić information content (AvgIpc) is 3.62. The molecule has 2 amide bonds. The second kappa shape index (κ2) is 13.7. The molecule has 3 rings (SSSR count). The summed E-state index contributed by atoms with van der Waals surface area (Å²) in [4.78, 5) is 50.7. The molecule has 1 saturated heterocycles. The molecule has 22 heteroatoms. The predicted molar refractivity (Wildman–Crippen MR) is 155 cm³/mol. The monoisotopic (exact) mass is 644 g/mol. The number of guanidine groups is 1. The highest BCUT2D eigenvalue weighted by atomic mass is 32.2. The first kappa shape index (κ1) is 33.1. The lowest BCUT2D eigenvalue weighted by Crippen LogP contribution is -2.74. The summed E-state index contributed by atoms with van der Waals surface area (Å²) in [6.07, 6.45) is 0.986. The number of nitrogen functional groups attached to an aromatic ring is 1. The number of hydrogen-bond acceptors (Lipinski definition) is 15. The first-order valence-electron chi connectivity index (χ1n) is 12.6. The third-order valence-electron chi connectivity index (χ3n) is 6.05. The Morgan fingerprint density at radius 1 is 1.40 bits per heavy atom. The van der Waals surface area contributed by atoms with Gasteiger partial charge in [-0.25, -0.2) is 19.1 Å². The van der Waals surface area contributed by atoms with E-state index in [0.717, 1.165) is 16.5 Å². The van der Waals surface area contributed by atoms with Gasteiger partial charge in [-0.2, -0.15) is 23.7 Å². The largest absolute Gasteiger partial charge is 0.478 e. The number of nitrogens with one attached hydrogen (secondary N) is 2. The van der Waals surface area contributed by atoms with Gasteiger partial charge in [0.2, 0.25) is 5.60 Å². The average molecular weight is 645 g/mol. The van der Waals surface area contributed by atoms with Gasteiger partial charge < -0.3 is 37.8 Å². The Labute approximate surface area is 249 Å². The number of nitrogens with zero attached hydrogens (tertiary/aromatic N) is 7. The molecular weight excluding hydrogens is 612 g/mol. The minimum Gasteiger partial charge on any atom is -0.478 e. The number of rotatable bonds is 16. The van der Waals surface area contributed by atoms with E-state index >= 15 is 0 Å². The molecule has 2 aliphatic rings. The van der Waals surface area contributed by atoms with E-state index < -0.39 is 58.0 Å². The zero-order valence-electron chi connectivity index (χ0n) is 22.9. The fraction of sp³-hybridized carbons (Fsp3) is 0.524. The van der Waals surface area contributed by atoms with Gasteiger partial charge in [0, 0.05) is 31.5 Å². The normalized spacial score (nSPS) is 20.2. The number of aliphatic imine (C=N–C) groups is 1. The number of nitrogens with two attached hydrogens (primary N) is 3. The van der Waals surface area contributed by atoms with E-state index in [4.69, 9.17) is 22.0 Å². The quantitative estimate of drug-likeness (QED) is 0.0237. The molecule has 0 aromatic carbocycles. The Bertz CT molecular complexity index is 1440. The van der Waals surface area contributed by atoms with E-state index in [2.05, 4.69) is 42.7 Å². The van der Waals surface area contributed by atoms with Crippen molar-refractivity contribution in [1.29, 1.82) is 0 Å². The Balaban J connectivity index is 1.79.